The molecule has 2 N–H and O–H groups in total. The summed E-state index contributed by atoms with van der Waals surface area (Å²) in [5, 5.41) is -0.792. The van der Waals surface area contributed by atoms with Crippen LogP contribution in [0, 0.1) is 0 Å². The largest absolute Gasteiger partial charge is 0.392 e. The molecule has 0 spiro atoms. The number of hydrogen-bond acceptors (Lipinski definition) is 4. The van der Waals surface area contributed by atoms with Crippen LogP contribution in [0.2, 0.25) is 0 Å². The van der Waals surface area contributed by atoms with Crippen LogP contribution >= 0.6 is 12.2 Å². The van der Waals surface area contributed by atoms with E-state index in [-0.39, 0.29) is 17.2 Å². The molecule has 0 radical (unpaired) electrons. The Labute approximate surface area is 101 Å². The summed E-state index contributed by atoms with van der Waals surface area (Å²) in [6, 6.07) is 0. The van der Waals surface area contributed by atoms with Gasteiger partial charge in [0.1, 0.15) is 5.25 Å². The van der Waals surface area contributed by atoms with Gasteiger partial charge in [0, 0.05) is 13.1 Å². The highest BCUT2D eigenvalue weighted by molar-refractivity contribution is 7.92. The van der Waals surface area contributed by atoms with Crippen LogP contribution < -0.4 is 5.73 Å². The van der Waals surface area contributed by atoms with Gasteiger partial charge >= 0.3 is 0 Å². The zero-order valence-electron chi connectivity index (χ0n) is 9.13. The molecule has 92 valence electrons. The van der Waals surface area contributed by atoms with Crippen molar-refractivity contribution in [3.05, 3.63) is 0 Å². The highest BCUT2D eigenvalue weighted by atomic mass is 32.2. The Kier molecular flexibility index (Phi) is 3.22. The van der Waals surface area contributed by atoms with E-state index in [0.29, 0.717) is 13.1 Å². The second-order valence-corrected chi connectivity index (χ2v) is 7.09. The van der Waals surface area contributed by atoms with Crippen LogP contribution in [0.1, 0.15) is 19.8 Å². The Bertz CT molecular complexity index is 384. The van der Waals surface area contributed by atoms with E-state index >= 15 is 0 Å². The molecule has 0 aromatic heterocycles. The summed E-state index contributed by atoms with van der Waals surface area (Å²) in [5.74, 6) is 0. The summed E-state index contributed by atoms with van der Waals surface area (Å²) in [4.78, 5) is 0.0267. The van der Waals surface area contributed by atoms with Crippen molar-refractivity contribution in [3.8, 4) is 0 Å². The number of fused-ring (bicyclic) bond motifs is 2. The van der Waals surface area contributed by atoms with Gasteiger partial charge in [-0.2, -0.15) is 4.31 Å². The molecule has 2 aliphatic heterocycles. The smallest absolute Gasteiger partial charge is 0.223 e. The van der Waals surface area contributed by atoms with Crippen molar-refractivity contribution in [2.75, 3.05) is 13.1 Å². The molecule has 0 aromatic rings. The maximum Gasteiger partial charge on any atom is 0.223 e. The number of nitrogens with zero attached hydrogens (tertiary/aromatic N) is 1. The number of morpholine rings is 1. The number of sulfonamides is 1. The van der Waals surface area contributed by atoms with Gasteiger partial charge in [-0.3, -0.25) is 0 Å². The van der Waals surface area contributed by atoms with Gasteiger partial charge in [0.2, 0.25) is 10.0 Å². The first kappa shape index (κ1) is 12.2. The first-order chi connectivity index (χ1) is 7.41. The normalized spacial score (nSPS) is 32.6. The molecule has 3 unspecified atom stereocenters. The third-order valence-electron chi connectivity index (χ3n) is 3.22. The molecule has 2 fully saturated rings. The van der Waals surface area contributed by atoms with Crippen molar-refractivity contribution in [1.82, 2.24) is 4.31 Å². The molecule has 2 aliphatic rings. The Balaban J connectivity index is 2.15. The van der Waals surface area contributed by atoms with Crippen LogP contribution in [-0.2, 0) is 14.8 Å². The maximum absolute atomic E-state index is 12.1. The second-order valence-electron chi connectivity index (χ2n) is 4.36. The monoisotopic (exact) mass is 264 g/mol. The first-order valence-electron chi connectivity index (χ1n) is 5.35. The van der Waals surface area contributed by atoms with Gasteiger partial charge in [0.15, 0.2) is 0 Å². The van der Waals surface area contributed by atoms with Gasteiger partial charge < -0.3 is 10.5 Å². The lowest BCUT2D eigenvalue weighted by Gasteiger charge is -2.32. The number of rotatable bonds is 3. The molecule has 2 heterocycles. The van der Waals surface area contributed by atoms with Crippen LogP contribution in [0.5, 0.6) is 0 Å². The minimum Gasteiger partial charge on any atom is -0.392 e. The average molecular weight is 264 g/mol. The summed E-state index contributed by atoms with van der Waals surface area (Å²) >= 11 is 4.75. The topological polar surface area (TPSA) is 72.6 Å². The predicted octanol–water partition coefficient (Wildman–Crippen LogP) is -0.146. The molecule has 2 bridgehead atoms. The Morgan fingerprint density at radius 3 is 2.38 bits per heavy atom. The summed E-state index contributed by atoms with van der Waals surface area (Å²) in [6.45, 7) is 2.41. The SMILES string of the molecule is CC(C(N)=S)S(=O)(=O)N1CC2CCC(C1)O2. The number of hydrogen-bond donors (Lipinski definition) is 1. The molecule has 3 atom stereocenters. The number of thiocarbonyl (C=S) groups is 1. The van der Waals surface area contributed by atoms with E-state index in [1.54, 1.807) is 0 Å². The van der Waals surface area contributed by atoms with Gasteiger partial charge in [-0.15, -0.1) is 0 Å². The molecule has 7 heteroatoms. The van der Waals surface area contributed by atoms with Crippen LogP contribution in [-0.4, -0.2) is 48.3 Å². The van der Waals surface area contributed by atoms with Crippen molar-refractivity contribution < 1.29 is 13.2 Å². The minimum atomic E-state index is -3.40. The Morgan fingerprint density at radius 2 is 1.94 bits per heavy atom. The van der Waals surface area contributed by atoms with Crippen molar-refractivity contribution in [2.45, 2.75) is 37.2 Å². The fraction of sp³-hybridized carbons (Fsp3) is 0.889. The molecule has 2 saturated heterocycles. The molecular weight excluding hydrogens is 248 g/mol. The molecule has 5 nitrogen and oxygen atoms in total. The van der Waals surface area contributed by atoms with E-state index < -0.39 is 15.3 Å². The van der Waals surface area contributed by atoms with E-state index in [2.05, 4.69) is 0 Å². The van der Waals surface area contributed by atoms with E-state index in [4.69, 9.17) is 22.7 Å². The maximum atomic E-state index is 12.1. The van der Waals surface area contributed by atoms with Crippen molar-refractivity contribution in [3.63, 3.8) is 0 Å². The Hall–Kier alpha value is -0.240. The van der Waals surface area contributed by atoms with Gasteiger partial charge in [-0.25, -0.2) is 8.42 Å². The number of ether oxygens (including phenoxy) is 1. The predicted molar refractivity (Wildman–Crippen MR) is 64.6 cm³/mol. The van der Waals surface area contributed by atoms with Crippen molar-refractivity contribution in [2.24, 2.45) is 5.73 Å². The van der Waals surface area contributed by atoms with E-state index in [9.17, 15) is 8.42 Å². The lowest BCUT2D eigenvalue weighted by molar-refractivity contribution is -0.0115. The van der Waals surface area contributed by atoms with Crippen LogP contribution in [0.4, 0.5) is 0 Å². The van der Waals surface area contributed by atoms with Crippen LogP contribution in [0.25, 0.3) is 0 Å². The zero-order valence-corrected chi connectivity index (χ0v) is 10.8. The van der Waals surface area contributed by atoms with Gasteiger partial charge in [-0.05, 0) is 19.8 Å². The minimum absolute atomic E-state index is 0.0267. The van der Waals surface area contributed by atoms with Crippen LogP contribution in [0.3, 0.4) is 0 Å². The third-order valence-corrected chi connectivity index (χ3v) is 5.89. The van der Waals surface area contributed by atoms with Gasteiger partial charge in [0.05, 0.1) is 17.2 Å². The molecule has 2 rings (SSSR count). The van der Waals surface area contributed by atoms with Crippen molar-refractivity contribution in [1.29, 1.82) is 0 Å². The van der Waals surface area contributed by atoms with E-state index in [1.165, 1.54) is 11.2 Å². The molecule has 0 aromatic carbocycles. The summed E-state index contributed by atoms with van der Waals surface area (Å²) in [6.07, 6.45) is 1.98. The number of nitrogens with two attached hydrogens (primary N) is 1. The highest BCUT2D eigenvalue weighted by Crippen LogP contribution is 2.28. The average Bonchev–Trinajstić information content (AvgIpc) is 2.56. The third kappa shape index (κ3) is 2.09. The van der Waals surface area contributed by atoms with Crippen LogP contribution in [0.15, 0.2) is 0 Å². The molecular formula is C9H16N2O3S2. The quantitative estimate of drug-likeness (QED) is 0.718. The molecule has 0 aliphatic carbocycles. The second kappa shape index (κ2) is 4.21. The van der Waals surface area contributed by atoms with Gasteiger partial charge in [0.25, 0.3) is 0 Å². The standard InChI is InChI=1S/C9H16N2O3S2/c1-6(9(10)15)16(12,13)11-4-7-2-3-8(5-11)14-7/h6-8H,2-5H2,1H3,(H2,10,15). The zero-order chi connectivity index (χ0) is 11.9. The summed E-state index contributed by atoms with van der Waals surface area (Å²) < 4.78 is 31.4. The lowest BCUT2D eigenvalue weighted by Crippen LogP contribution is -2.50. The highest BCUT2D eigenvalue weighted by Gasteiger charge is 2.41. The summed E-state index contributed by atoms with van der Waals surface area (Å²) in [5.41, 5.74) is 5.41. The Morgan fingerprint density at radius 1 is 1.44 bits per heavy atom. The van der Waals surface area contributed by atoms with E-state index in [1.807, 2.05) is 0 Å². The summed E-state index contributed by atoms with van der Waals surface area (Å²) in [7, 11) is -3.40. The van der Waals surface area contributed by atoms with Gasteiger partial charge in [-0.1, -0.05) is 12.2 Å². The lowest BCUT2D eigenvalue weighted by atomic mass is 10.2. The molecule has 16 heavy (non-hydrogen) atoms. The first-order valence-corrected chi connectivity index (χ1v) is 7.26. The van der Waals surface area contributed by atoms with Crippen molar-refractivity contribution >= 4 is 27.2 Å². The molecule has 0 amide bonds. The molecule has 0 saturated carbocycles. The fourth-order valence-electron chi connectivity index (χ4n) is 2.16. The van der Waals surface area contributed by atoms with E-state index in [0.717, 1.165) is 12.8 Å². The fourth-order valence-corrected chi connectivity index (χ4v) is 4.01.